The van der Waals surface area contributed by atoms with Gasteiger partial charge in [0.1, 0.15) is 0 Å². The fourth-order valence-corrected chi connectivity index (χ4v) is 2.28. The quantitative estimate of drug-likeness (QED) is 0.730. The molecular weight excluding hydrogens is 320 g/mol. The molecule has 9 nitrogen and oxygen atoms in total. The van der Waals surface area contributed by atoms with Gasteiger partial charge < -0.3 is 5.32 Å². The fraction of sp³-hybridized carbons (Fsp3) is 0.250. The number of nitrogens with one attached hydrogen (secondary N) is 2. The van der Waals surface area contributed by atoms with Crippen LogP contribution in [-0.4, -0.2) is 35.6 Å². The maximum atomic E-state index is 11.7. The van der Waals surface area contributed by atoms with E-state index in [-0.39, 0.29) is 11.8 Å². The molecule has 1 aliphatic rings. The first kappa shape index (κ1) is 15.2. The van der Waals surface area contributed by atoms with Gasteiger partial charge in [-0.3, -0.25) is 14.8 Å². The van der Waals surface area contributed by atoms with E-state index in [1.807, 2.05) is 13.2 Å². The molecular formula is C16H16N8O. The van der Waals surface area contributed by atoms with E-state index in [0.29, 0.717) is 17.6 Å². The van der Waals surface area contributed by atoms with Crippen molar-refractivity contribution in [3.63, 3.8) is 0 Å². The van der Waals surface area contributed by atoms with E-state index in [4.69, 9.17) is 0 Å². The number of nitrogens with zero attached hydrogens (tertiary/aromatic N) is 6. The molecule has 126 valence electrons. The normalized spacial score (nSPS) is 13.5. The van der Waals surface area contributed by atoms with Crippen LogP contribution in [0.15, 0.2) is 37.1 Å². The molecule has 0 unspecified atom stereocenters. The number of carbonyl (C=O) groups excluding carboxylic acids is 1. The van der Waals surface area contributed by atoms with Gasteiger partial charge in [0.2, 0.25) is 17.8 Å². The Morgan fingerprint density at radius 3 is 2.64 bits per heavy atom. The maximum Gasteiger partial charge on any atom is 0.229 e. The smallest absolute Gasteiger partial charge is 0.229 e. The lowest BCUT2D eigenvalue weighted by Gasteiger charge is -2.06. The summed E-state index contributed by atoms with van der Waals surface area (Å²) in [6.07, 6.45) is 10.3. The van der Waals surface area contributed by atoms with Crippen molar-refractivity contribution in [1.82, 2.24) is 29.7 Å². The van der Waals surface area contributed by atoms with E-state index in [0.717, 1.165) is 24.1 Å². The molecule has 9 heteroatoms. The number of aryl methyl sites for hydroxylation is 1. The van der Waals surface area contributed by atoms with E-state index >= 15 is 0 Å². The Labute approximate surface area is 143 Å². The lowest BCUT2D eigenvalue weighted by molar-refractivity contribution is -0.117. The van der Waals surface area contributed by atoms with Crippen molar-refractivity contribution in [3.8, 4) is 11.3 Å². The van der Waals surface area contributed by atoms with Gasteiger partial charge in [-0.25, -0.2) is 19.9 Å². The third kappa shape index (κ3) is 3.60. The molecule has 0 aliphatic heterocycles. The Balaban J connectivity index is 1.49. The first-order valence-electron chi connectivity index (χ1n) is 7.89. The number of amides is 1. The van der Waals surface area contributed by atoms with Gasteiger partial charge in [0.25, 0.3) is 0 Å². The summed E-state index contributed by atoms with van der Waals surface area (Å²) in [5, 5.41) is 9.89. The highest BCUT2D eigenvalue weighted by atomic mass is 16.2. The second-order valence-electron chi connectivity index (χ2n) is 5.85. The highest BCUT2D eigenvalue weighted by Crippen LogP contribution is 2.29. The zero-order chi connectivity index (χ0) is 17.2. The molecule has 0 saturated heterocycles. The molecule has 0 bridgehead atoms. The molecule has 4 rings (SSSR count). The summed E-state index contributed by atoms with van der Waals surface area (Å²) in [4.78, 5) is 28.7. The van der Waals surface area contributed by atoms with E-state index in [1.165, 1.54) is 0 Å². The van der Waals surface area contributed by atoms with Gasteiger partial charge in [0, 0.05) is 43.3 Å². The van der Waals surface area contributed by atoms with Gasteiger partial charge in [0.15, 0.2) is 0 Å². The number of rotatable bonds is 5. The maximum absolute atomic E-state index is 11.7. The van der Waals surface area contributed by atoms with Crippen molar-refractivity contribution < 1.29 is 4.79 Å². The summed E-state index contributed by atoms with van der Waals surface area (Å²) in [5.41, 5.74) is 2.22. The van der Waals surface area contributed by atoms with Crippen LogP contribution in [0.2, 0.25) is 0 Å². The molecule has 1 saturated carbocycles. The topological polar surface area (TPSA) is 111 Å². The van der Waals surface area contributed by atoms with Crippen molar-refractivity contribution in [2.24, 2.45) is 13.0 Å². The molecule has 1 aliphatic carbocycles. The molecule has 0 aromatic carbocycles. The predicted octanol–water partition coefficient (Wildman–Crippen LogP) is 1.76. The first-order chi connectivity index (χ1) is 12.2. The Hall–Kier alpha value is -3.36. The van der Waals surface area contributed by atoms with E-state index in [1.54, 1.807) is 35.5 Å². The molecule has 0 atom stereocenters. The van der Waals surface area contributed by atoms with Crippen LogP contribution in [0.4, 0.5) is 17.6 Å². The molecule has 3 heterocycles. The summed E-state index contributed by atoms with van der Waals surface area (Å²) in [5.74, 6) is 0.865. The van der Waals surface area contributed by atoms with Crippen LogP contribution in [0.5, 0.6) is 0 Å². The van der Waals surface area contributed by atoms with Gasteiger partial charge >= 0.3 is 0 Å². The zero-order valence-electron chi connectivity index (χ0n) is 13.5. The number of hydrogen-bond acceptors (Lipinski definition) is 7. The average molecular weight is 336 g/mol. The van der Waals surface area contributed by atoms with Crippen molar-refractivity contribution >= 4 is 23.5 Å². The number of hydrogen-bond donors (Lipinski definition) is 2. The monoisotopic (exact) mass is 336 g/mol. The van der Waals surface area contributed by atoms with Crippen molar-refractivity contribution in [3.05, 3.63) is 37.1 Å². The molecule has 0 spiro atoms. The van der Waals surface area contributed by atoms with Crippen molar-refractivity contribution in [2.75, 3.05) is 10.6 Å². The van der Waals surface area contributed by atoms with Crippen LogP contribution in [0.1, 0.15) is 12.8 Å². The minimum atomic E-state index is -0.0160. The fourth-order valence-electron chi connectivity index (χ4n) is 2.28. The van der Waals surface area contributed by atoms with Crippen LogP contribution in [-0.2, 0) is 11.8 Å². The molecule has 3 aromatic rings. The summed E-state index contributed by atoms with van der Waals surface area (Å²) in [7, 11) is 1.84. The molecule has 25 heavy (non-hydrogen) atoms. The third-order valence-electron chi connectivity index (χ3n) is 3.75. The molecule has 1 fully saturated rings. The SMILES string of the molecule is Cn1cc(Nc2nccc(-c3cnc(NC(=O)C4CC4)nc3)n2)cn1. The second-order valence-corrected chi connectivity index (χ2v) is 5.85. The van der Waals surface area contributed by atoms with Gasteiger partial charge in [-0.1, -0.05) is 0 Å². The minimum absolute atomic E-state index is 0.0160. The zero-order valence-corrected chi connectivity index (χ0v) is 13.5. The number of carbonyl (C=O) groups is 1. The molecule has 2 N–H and O–H groups in total. The number of anilines is 3. The Bertz CT molecular complexity index is 901. The van der Waals surface area contributed by atoms with Crippen molar-refractivity contribution in [2.45, 2.75) is 12.8 Å². The van der Waals surface area contributed by atoms with E-state index in [9.17, 15) is 4.79 Å². The summed E-state index contributed by atoms with van der Waals surface area (Å²) >= 11 is 0. The Kier molecular flexibility index (Phi) is 3.81. The van der Waals surface area contributed by atoms with Gasteiger partial charge in [-0.15, -0.1) is 0 Å². The third-order valence-corrected chi connectivity index (χ3v) is 3.75. The lowest BCUT2D eigenvalue weighted by Crippen LogP contribution is -2.15. The summed E-state index contributed by atoms with van der Waals surface area (Å²) < 4.78 is 1.69. The predicted molar refractivity (Wildman–Crippen MR) is 90.9 cm³/mol. The molecule has 0 radical (unpaired) electrons. The van der Waals surface area contributed by atoms with E-state index in [2.05, 4.69) is 35.7 Å². The van der Waals surface area contributed by atoms with Crippen LogP contribution in [0.25, 0.3) is 11.3 Å². The summed E-state index contributed by atoms with van der Waals surface area (Å²) in [6.45, 7) is 0. The highest BCUT2D eigenvalue weighted by molar-refractivity contribution is 5.92. The van der Waals surface area contributed by atoms with Gasteiger partial charge in [-0.05, 0) is 18.9 Å². The van der Waals surface area contributed by atoms with Gasteiger partial charge in [0.05, 0.1) is 17.6 Å². The average Bonchev–Trinajstić information content (AvgIpc) is 3.39. The largest absolute Gasteiger partial charge is 0.321 e. The standard InChI is InChI=1S/C16H16N8O/c1-24-9-12(8-20-24)21-16-17-5-4-13(22-16)11-6-18-15(19-7-11)23-14(25)10-2-3-10/h4-10H,2-3H2,1H3,(H,17,21,22)(H,18,19,23,25). The molecule has 3 aromatic heterocycles. The highest BCUT2D eigenvalue weighted by Gasteiger charge is 2.30. The van der Waals surface area contributed by atoms with Crippen LogP contribution in [0.3, 0.4) is 0 Å². The number of aromatic nitrogens is 6. The summed E-state index contributed by atoms with van der Waals surface area (Å²) in [6, 6.07) is 1.77. The van der Waals surface area contributed by atoms with Gasteiger partial charge in [-0.2, -0.15) is 5.10 Å². The minimum Gasteiger partial charge on any atom is -0.321 e. The Morgan fingerprint density at radius 1 is 1.16 bits per heavy atom. The van der Waals surface area contributed by atoms with E-state index < -0.39 is 0 Å². The lowest BCUT2D eigenvalue weighted by atomic mass is 10.2. The first-order valence-corrected chi connectivity index (χ1v) is 7.89. The Morgan fingerprint density at radius 2 is 1.96 bits per heavy atom. The van der Waals surface area contributed by atoms with Crippen molar-refractivity contribution in [1.29, 1.82) is 0 Å². The van der Waals surface area contributed by atoms with Crippen LogP contribution < -0.4 is 10.6 Å². The molecule has 1 amide bonds. The van der Waals surface area contributed by atoms with Crippen LogP contribution in [0, 0.1) is 5.92 Å². The second kappa shape index (κ2) is 6.27. The van der Waals surface area contributed by atoms with Crippen LogP contribution >= 0.6 is 0 Å².